The molecule has 0 radical (unpaired) electrons. The maximum absolute atomic E-state index is 13.1. The van der Waals surface area contributed by atoms with E-state index < -0.39 is 97.5 Å². The van der Waals surface area contributed by atoms with Crippen molar-refractivity contribution in [3.63, 3.8) is 0 Å². The van der Waals surface area contributed by atoms with E-state index in [9.17, 15) is 43.2 Å². The van der Waals surface area contributed by atoms with Crippen LogP contribution in [0.4, 0.5) is 0 Å². The molecule has 19 heteroatoms. The summed E-state index contributed by atoms with van der Waals surface area (Å²) >= 11 is 0. The van der Waals surface area contributed by atoms with Crippen molar-refractivity contribution < 1.29 is 80.2 Å². The first-order valence-electron chi connectivity index (χ1n) is 41.5. The molecule has 0 aromatic carbocycles. The number of hydrogen-bond acceptors (Lipinski definition) is 15. The highest BCUT2D eigenvalue weighted by molar-refractivity contribution is 7.47. The van der Waals surface area contributed by atoms with E-state index in [0.717, 1.165) is 108 Å². The molecule has 0 fully saturated rings. The van der Waals surface area contributed by atoms with Crippen LogP contribution in [0.15, 0.2) is 0 Å². The van der Waals surface area contributed by atoms with E-state index in [1.54, 1.807) is 0 Å². The molecule has 0 bridgehead atoms. The molecule has 0 amide bonds. The second-order valence-electron chi connectivity index (χ2n) is 29.8. The van der Waals surface area contributed by atoms with E-state index in [0.29, 0.717) is 25.7 Å². The molecule has 0 rings (SSSR count). The van der Waals surface area contributed by atoms with Gasteiger partial charge in [-0.3, -0.25) is 37.3 Å². The minimum Gasteiger partial charge on any atom is -0.462 e. The number of phosphoric acid groups is 2. The van der Waals surface area contributed by atoms with Crippen molar-refractivity contribution in [1.29, 1.82) is 0 Å². The summed E-state index contributed by atoms with van der Waals surface area (Å²) in [7, 11) is -9.91. The molecular weight excluding hydrogens is 1290 g/mol. The predicted molar refractivity (Wildman–Crippen MR) is 405 cm³/mol. The van der Waals surface area contributed by atoms with Gasteiger partial charge >= 0.3 is 39.5 Å². The summed E-state index contributed by atoms with van der Waals surface area (Å²) in [6.07, 6.45) is 61.5. The normalized spacial score (nSPS) is 13.9. The van der Waals surface area contributed by atoms with Gasteiger partial charge < -0.3 is 33.8 Å². The number of carbonyl (C=O) groups is 4. The topological polar surface area (TPSA) is 237 Å². The fourth-order valence-corrected chi connectivity index (χ4v) is 13.9. The van der Waals surface area contributed by atoms with Crippen LogP contribution in [-0.2, 0) is 65.4 Å². The van der Waals surface area contributed by atoms with Crippen LogP contribution in [0.1, 0.15) is 420 Å². The van der Waals surface area contributed by atoms with Gasteiger partial charge in [-0.1, -0.05) is 369 Å². The van der Waals surface area contributed by atoms with Crippen LogP contribution in [0.3, 0.4) is 0 Å². The van der Waals surface area contributed by atoms with Gasteiger partial charge in [0.05, 0.1) is 26.4 Å². The van der Waals surface area contributed by atoms with Crippen LogP contribution in [0.5, 0.6) is 0 Å². The van der Waals surface area contributed by atoms with Crippen molar-refractivity contribution in [2.45, 2.75) is 439 Å². The SMILES string of the molecule is CCCCCCCCCCCCCCCCCCCCCCC(=O)O[C@H](COC(=O)CCCCCCCCCCCCCCCCCC(C)C)COP(=O)(O)OC[C@@H](O)COP(=O)(O)OC[C@@H](COC(=O)CCCCCCC)OC(=O)CCCCCCCCCCCCCCCC(C)C. The number of aliphatic hydroxyl groups excluding tert-OH is 1. The summed E-state index contributed by atoms with van der Waals surface area (Å²) in [5.74, 6) is -0.528. The van der Waals surface area contributed by atoms with Crippen molar-refractivity contribution in [3.8, 4) is 0 Å². The van der Waals surface area contributed by atoms with E-state index >= 15 is 0 Å². The number of ether oxygens (including phenoxy) is 4. The highest BCUT2D eigenvalue weighted by atomic mass is 31.2. The molecule has 2 unspecified atom stereocenters. The summed E-state index contributed by atoms with van der Waals surface area (Å²) in [5, 5.41) is 10.6. The van der Waals surface area contributed by atoms with E-state index in [1.807, 2.05) is 0 Å². The Morgan fingerprint density at radius 3 is 0.687 bits per heavy atom. The van der Waals surface area contributed by atoms with Gasteiger partial charge in [0.25, 0.3) is 0 Å². The van der Waals surface area contributed by atoms with Crippen LogP contribution in [0.2, 0.25) is 0 Å². The predicted octanol–water partition coefficient (Wildman–Crippen LogP) is 23.9. The molecular formula is C80H156O17P2. The molecule has 588 valence electrons. The Hall–Kier alpha value is -1.94. The van der Waals surface area contributed by atoms with Gasteiger partial charge in [-0.15, -0.1) is 0 Å². The van der Waals surface area contributed by atoms with Crippen molar-refractivity contribution in [1.82, 2.24) is 0 Å². The molecule has 0 aromatic rings. The molecule has 0 aromatic heterocycles. The number of phosphoric ester groups is 2. The van der Waals surface area contributed by atoms with Gasteiger partial charge in [-0.25, -0.2) is 9.13 Å². The number of carbonyl (C=O) groups excluding carboxylic acids is 4. The van der Waals surface area contributed by atoms with E-state index in [2.05, 4.69) is 41.5 Å². The fourth-order valence-electron chi connectivity index (χ4n) is 12.4. The zero-order valence-electron chi connectivity index (χ0n) is 64.8. The minimum absolute atomic E-state index is 0.106. The van der Waals surface area contributed by atoms with Crippen molar-refractivity contribution in [2.24, 2.45) is 11.8 Å². The van der Waals surface area contributed by atoms with Crippen LogP contribution >= 0.6 is 15.6 Å². The van der Waals surface area contributed by atoms with Crippen LogP contribution < -0.4 is 0 Å². The fraction of sp³-hybridized carbons (Fsp3) is 0.950. The quantitative estimate of drug-likeness (QED) is 0.0222. The average molecular weight is 1450 g/mol. The highest BCUT2D eigenvalue weighted by Gasteiger charge is 2.30. The molecule has 0 saturated heterocycles. The molecule has 0 spiro atoms. The van der Waals surface area contributed by atoms with Crippen LogP contribution in [-0.4, -0.2) is 96.7 Å². The van der Waals surface area contributed by atoms with Gasteiger partial charge in [-0.2, -0.15) is 0 Å². The second kappa shape index (κ2) is 71.7. The molecule has 0 aliphatic carbocycles. The maximum atomic E-state index is 13.1. The summed E-state index contributed by atoms with van der Waals surface area (Å²) in [6, 6.07) is 0. The Bertz CT molecular complexity index is 1910. The lowest BCUT2D eigenvalue weighted by atomic mass is 10.0. The zero-order valence-corrected chi connectivity index (χ0v) is 66.6. The number of hydrogen-bond donors (Lipinski definition) is 3. The smallest absolute Gasteiger partial charge is 0.462 e. The molecule has 5 atom stereocenters. The van der Waals surface area contributed by atoms with E-state index in [4.69, 9.17) is 37.0 Å². The molecule has 0 saturated carbocycles. The van der Waals surface area contributed by atoms with Crippen molar-refractivity contribution in [2.75, 3.05) is 39.6 Å². The van der Waals surface area contributed by atoms with Gasteiger partial charge in [0, 0.05) is 25.7 Å². The first-order valence-corrected chi connectivity index (χ1v) is 44.5. The first-order chi connectivity index (χ1) is 47.9. The zero-order chi connectivity index (χ0) is 72.8. The second-order valence-corrected chi connectivity index (χ2v) is 32.7. The Morgan fingerprint density at radius 1 is 0.273 bits per heavy atom. The largest absolute Gasteiger partial charge is 0.472 e. The Labute approximate surface area is 607 Å². The minimum atomic E-state index is -4.96. The number of rotatable bonds is 79. The molecule has 17 nitrogen and oxygen atoms in total. The third-order valence-corrected chi connectivity index (χ3v) is 20.6. The lowest BCUT2D eigenvalue weighted by Gasteiger charge is -2.21. The van der Waals surface area contributed by atoms with Gasteiger partial charge in [0.15, 0.2) is 12.2 Å². The Balaban J connectivity index is 5.12. The molecule has 0 aliphatic heterocycles. The third-order valence-electron chi connectivity index (χ3n) is 18.7. The number of aliphatic hydroxyl groups is 1. The average Bonchev–Trinajstić information content (AvgIpc) is 1.20. The molecule has 3 N–H and O–H groups in total. The standard InChI is InChI=1S/C80H156O17P2/c1-7-9-11-13-14-15-16-17-18-19-20-21-22-25-31-36-41-46-52-58-65-80(85)97-76(69-91-78(83)63-57-51-45-40-35-30-26-23-24-28-33-38-43-49-54-60-72(3)4)71-95-99(88,89)93-67-74(81)66-92-98(86,87)94-70-75(68-90-77(82)62-56-48-12-10-8-2)96-79(84)64-59-53-47-42-37-32-27-29-34-39-44-50-55-61-73(5)6/h72-76,81H,7-71H2,1-6H3,(H,86,87)(H,88,89)/t74-,75+,76+/m0/s1. The summed E-state index contributed by atoms with van der Waals surface area (Å²) in [5.41, 5.74) is 0. The highest BCUT2D eigenvalue weighted by Crippen LogP contribution is 2.45. The maximum Gasteiger partial charge on any atom is 0.472 e. The summed E-state index contributed by atoms with van der Waals surface area (Å²) in [4.78, 5) is 72.7. The third kappa shape index (κ3) is 74.1. The lowest BCUT2D eigenvalue weighted by Crippen LogP contribution is -2.30. The first kappa shape index (κ1) is 97.1. The Morgan fingerprint density at radius 2 is 0.465 bits per heavy atom. The lowest BCUT2D eigenvalue weighted by molar-refractivity contribution is -0.161. The van der Waals surface area contributed by atoms with Crippen molar-refractivity contribution in [3.05, 3.63) is 0 Å². The van der Waals surface area contributed by atoms with Crippen LogP contribution in [0.25, 0.3) is 0 Å². The summed E-state index contributed by atoms with van der Waals surface area (Å²) in [6.45, 7) is 9.58. The number of esters is 4. The van der Waals surface area contributed by atoms with Crippen LogP contribution in [0, 0.1) is 11.8 Å². The van der Waals surface area contributed by atoms with E-state index in [1.165, 1.54) is 231 Å². The van der Waals surface area contributed by atoms with Gasteiger partial charge in [-0.05, 0) is 37.5 Å². The van der Waals surface area contributed by atoms with Crippen molar-refractivity contribution >= 4 is 39.5 Å². The molecule has 99 heavy (non-hydrogen) atoms. The summed E-state index contributed by atoms with van der Waals surface area (Å²) < 4.78 is 68.5. The number of unbranched alkanes of at least 4 members (excludes halogenated alkanes) is 49. The molecule has 0 heterocycles. The molecule has 0 aliphatic rings. The van der Waals surface area contributed by atoms with Gasteiger partial charge in [0.1, 0.15) is 19.3 Å². The van der Waals surface area contributed by atoms with Gasteiger partial charge in [0.2, 0.25) is 0 Å². The monoisotopic (exact) mass is 1450 g/mol. The van der Waals surface area contributed by atoms with E-state index in [-0.39, 0.29) is 25.7 Å². The Kier molecular flexibility index (Phi) is 70.3.